The van der Waals surface area contributed by atoms with Gasteiger partial charge in [0.05, 0.1) is 6.61 Å². The van der Waals surface area contributed by atoms with Gasteiger partial charge in [-0.05, 0) is 22.6 Å². The van der Waals surface area contributed by atoms with Crippen molar-refractivity contribution in [1.82, 2.24) is 9.38 Å². The van der Waals surface area contributed by atoms with E-state index in [-0.39, 0.29) is 12.0 Å². The van der Waals surface area contributed by atoms with E-state index in [2.05, 4.69) is 50.0 Å². The fourth-order valence-electron chi connectivity index (χ4n) is 2.54. The van der Waals surface area contributed by atoms with Crippen molar-refractivity contribution in [1.29, 1.82) is 0 Å². The molecule has 2 heterocycles. The average molecular weight is 295 g/mol. The molecule has 1 aromatic carbocycles. The Labute approximate surface area is 130 Å². The molecule has 4 heteroatoms. The van der Waals surface area contributed by atoms with Crippen LogP contribution in [0.25, 0.3) is 16.9 Å². The molecule has 2 aromatic heterocycles. The quantitative estimate of drug-likeness (QED) is 0.762. The Balaban J connectivity index is 2.08. The molecule has 0 aliphatic carbocycles. The third-order valence-corrected chi connectivity index (χ3v) is 3.92. The molecule has 114 valence electrons. The van der Waals surface area contributed by atoms with Crippen molar-refractivity contribution in [3.63, 3.8) is 0 Å². The van der Waals surface area contributed by atoms with Crippen molar-refractivity contribution in [2.24, 2.45) is 0 Å². The van der Waals surface area contributed by atoms with Gasteiger partial charge < -0.3 is 10.8 Å². The molecule has 3 rings (SSSR count). The second-order valence-corrected chi connectivity index (χ2v) is 6.60. The Kier molecular flexibility index (Phi) is 3.41. The van der Waals surface area contributed by atoms with Crippen LogP contribution >= 0.6 is 0 Å². The minimum Gasteiger partial charge on any atom is -0.392 e. The minimum absolute atomic E-state index is 0.0107. The van der Waals surface area contributed by atoms with Crippen LogP contribution in [0.15, 0.2) is 42.6 Å². The van der Waals surface area contributed by atoms with Gasteiger partial charge in [0, 0.05) is 11.8 Å². The van der Waals surface area contributed by atoms with Gasteiger partial charge >= 0.3 is 0 Å². The number of imidazole rings is 1. The first-order valence-corrected chi connectivity index (χ1v) is 7.38. The lowest BCUT2D eigenvalue weighted by atomic mass is 9.86. The summed E-state index contributed by atoms with van der Waals surface area (Å²) >= 11 is 0. The van der Waals surface area contributed by atoms with E-state index in [4.69, 9.17) is 5.73 Å². The van der Waals surface area contributed by atoms with Crippen LogP contribution in [-0.2, 0) is 12.0 Å². The number of aliphatic hydroxyl groups is 1. The van der Waals surface area contributed by atoms with Gasteiger partial charge in [-0.25, -0.2) is 4.98 Å². The molecule has 0 spiro atoms. The number of pyridine rings is 1. The molecule has 0 atom stereocenters. The number of aromatic nitrogens is 2. The Morgan fingerprint density at radius 2 is 1.77 bits per heavy atom. The molecule has 3 N–H and O–H groups in total. The van der Waals surface area contributed by atoms with Crippen LogP contribution in [-0.4, -0.2) is 14.5 Å². The summed E-state index contributed by atoms with van der Waals surface area (Å²) in [5.41, 5.74) is 11.0. The first-order chi connectivity index (χ1) is 10.4. The van der Waals surface area contributed by atoms with Gasteiger partial charge in [-0.15, -0.1) is 0 Å². The normalized spacial score (nSPS) is 12.0. The van der Waals surface area contributed by atoms with Crippen LogP contribution in [0.1, 0.15) is 31.9 Å². The zero-order valence-electron chi connectivity index (χ0n) is 13.2. The van der Waals surface area contributed by atoms with Crippen molar-refractivity contribution in [2.75, 3.05) is 5.73 Å². The van der Waals surface area contributed by atoms with Crippen LogP contribution in [0.4, 0.5) is 5.82 Å². The Bertz CT molecular complexity index is 811. The summed E-state index contributed by atoms with van der Waals surface area (Å²) < 4.78 is 1.82. The van der Waals surface area contributed by atoms with Crippen molar-refractivity contribution in [3.8, 4) is 11.3 Å². The summed E-state index contributed by atoms with van der Waals surface area (Å²) in [6.07, 6.45) is 1.82. The van der Waals surface area contributed by atoms with Crippen LogP contribution < -0.4 is 5.73 Å². The molecule has 3 aromatic rings. The molecule has 0 aliphatic rings. The average Bonchev–Trinajstić information content (AvgIpc) is 2.83. The van der Waals surface area contributed by atoms with E-state index in [0.717, 1.165) is 22.5 Å². The number of hydrogen-bond acceptors (Lipinski definition) is 3. The van der Waals surface area contributed by atoms with Gasteiger partial charge in [-0.1, -0.05) is 51.1 Å². The van der Waals surface area contributed by atoms with E-state index < -0.39 is 0 Å². The van der Waals surface area contributed by atoms with Gasteiger partial charge in [0.25, 0.3) is 0 Å². The maximum absolute atomic E-state index is 9.24. The zero-order valence-corrected chi connectivity index (χ0v) is 13.2. The molecule has 0 radical (unpaired) electrons. The van der Waals surface area contributed by atoms with Gasteiger partial charge in [-0.3, -0.25) is 4.40 Å². The fraction of sp³-hybridized carbons (Fsp3) is 0.278. The minimum atomic E-state index is -0.0107. The van der Waals surface area contributed by atoms with E-state index in [1.807, 2.05) is 22.7 Å². The maximum Gasteiger partial charge on any atom is 0.139 e. The molecule has 0 saturated carbocycles. The number of hydrogen-bond donors (Lipinski definition) is 2. The molecule has 22 heavy (non-hydrogen) atoms. The third-order valence-electron chi connectivity index (χ3n) is 3.92. The lowest BCUT2D eigenvalue weighted by molar-refractivity contribution is 0.281. The summed E-state index contributed by atoms with van der Waals surface area (Å²) in [6.45, 7) is 6.57. The maximum atomic E-state index is 9.24. The van der Waals surface area contributed by atoms with Crippen molar-refractivity contribution in [3.05, 3.63) is 53.7 Å². The Morgan fingerprint density at radius 3 is 2.36 bits per heavy atom. The molecule has 0 amide bonds. The largest absolute Gasteiger partial charge is 0.392 e. The summed E-state index contributed by atoms with van der Waals surface area (Å²) in [7, 11) is 0. The van der Waals surface area contributed by atoms with Crippen molar-refractivity contribution >= 4 is 11.5 Å². The molecule has 0 fully saturated rings. The molecular weight excluding hydrogens is 274 g/mol. The Hall–Kier alpha value is -2.33. The highest BCUT2D eigenvalue weighted by Gasteiger charge is 2.15. The monoisotopic (exact) mass is 295 g/mol. The first kappa shape index (κ1) is 14.6. The fourth-order valence-corrected chi connectivity index (χ4v) is 2.54. The van der Waals surface area contributed by atoms with Gasteiger partial charge in [0.2, 0.25) is 0 Å². The topological polar surface area (TPSA) is 63.5 Å². The zero-order chi connectivity index (χ0) is 15.9. The summed E-state index contributed by atoms with van der Waals surface area (Å²) in [5, 5.41) is 9.24. The highest BCUT2D eigenvalue weighted by atomic mass is 16.3. The molecule has 0 aliphatic heterocycles. The third kappa shape index (κ3) is 2.46. The second-order valence-electron chi connectivity index (χ2n) is 6.60. The van der Waals surface area contributed by atoms with E-state index in [0.29, 0.717) is 5.82 Å². The number of anilines is 1. The van der Waals surface area contributed by atoms with E-state index in [1.54, 1.807) is 0 Å². The van der Waals surface area contributed by atoms with Crippen LogP contribution in [0.2, 0.25) is 0 Å². The number of rotatable bonds is 2. The second kappa shape index (κ2) is 5.14. The molecule has 0 saturated heterocycles. The van der Waals surface area contributed by atoms with E-state index in [1.165, 1.54) is 5.56 Å². The van der Waals surface area contributed by atoms with Crippen molar-refractivity contribution in [2.45, 2.75) is 32.8 Å². The van der Waals surface area contributed by atoms with E-state index >= 15 is 0 Å². The highest BCUT2D eigenvalue weighted by Crippen LogP contribution is 2.29. The predicted molar refractivity (Wildman–Crippen MR) is 89.7 cm³/mol. The highest BCUT2D eigenvalue weighted by molar-refractivity contribution is 5.75. The summed E-state index contributed by atoms with van der Waals surface area (Å²) in [6, 6.07) is 12.1. The molecule has 0 bridgehead atoms. The summed E-state index contributed by atoms with van der Waals surface area (Å²) in [5.74, 6) is 0.591. The lowest BCUT2D eigenvalue weighted by Gasteiger charge is -2.18. The number of nitrogens with zero attached hydrogens (tertiary/aromatic N) is 2. The standard InChI is InChI=1S/C18H21N3O/c1-18(2,3)14-7-5-13(6-8-14)16-17(19)21-10-12(11-22)4-9-15(21)20-16/h4-10,22H,11,19H2,1-3H3. The number of nitrogens with two attached hydrogens (primary N) is 1. The molecule has 4 nitrogen and oxygen atoms in total. The number of benzene rings is 1. The Morgan fingerprint density at radius 1 is 1.09 bits per heavy atom. The van der Waals surface area contributed by atoms with Crippen LogP contribution in [0, 0.1) is 0 Å². The number of nitrogen functional groups attached to an aromatic ring is 1. The van der Waals surface area contributed by atoms with E-state index in [9.17, 15) is 5.11 Å². The first-order valence-electron chi connectivity index (χ1n) is 7.38. The van der Waals surface area contributed by atoms with Crippen LogP contribution in [0.5, 0.6) is 0 Å². The molecular formula is C18H21N3O. The lowest BCUT2D eigenvalue weighted by Crippen LogP contribution is -2.10. The number of fused-ring (bicyclic) bond motifs is 1. The van der Waals surface area contributed by atoms with Crippen LogP contribution in [0.3, 0.4) is 0 Å². The SMILES string of the molecule is CC(C)(C)c1ccc(-c2nc3ccc(CO)cn3c2N)cc1. The predicted octanol–water partition coefficient (Wildman–Crippen LogP) is 3.37. The van der Waals surface area contributed by atoms with Gasteiger partial charge in [-0.2, -0.15) is 0 Å². The van der Waals surface area contributed by atoms with Crippen molar-refractivity contribution < 1.29 is 5.11 Å². The molecule has 0 unspecified atom stereocenters. The summed E-state index contributed by atoms with van der Waals surface area (Å²) in [4.78, 5) is 4.61. The van der Waals surface area contributed by atoms with Gasteiger partial charge in [0.15, 0.2) is 0 Å². The number of aliphatic hydroxyl groups excluding tert-OH is 1. The van der Waals surface area contributed by atoms with Gasteiger partial charge in [0.1, 0.15) is 17.2 Å². The smallest absolute Gasteiger partial charge is 0.139 e.